The van der Waals surface area contributed by atoms with E-state index in [2.05, 4.69) is 16.7 Å². The van der Waals surface area contributed by atoms with Gasteiger partial charge in [-0.25, -0.2) is 9.18 Å². The monoisotopic (exact) mass is 438 g/mol. The quantitative estimate of drug-likeness (QED) is 0.578. The van der Waals surface area contributed by atoms with Gasteiger partial charge in [0, 0.05) is 17.5 Å². The molecule has 0 radical (unpaired) electrons. The van der Waals surface area contributed by atoms with Crippen LogP contribution in [0.2, 0.25) is 0 Å². The topological polar surface area (TPSA) is 78.4 Å². The molecule has 0 aromatic heterocycles. The average Bonchev–Trinajstić information content (AvgIpc) is 3.62. The number of rotatable bonds is 6. The molecule has 2 aliphatic carbocycles. The van der Waals surface area contributed by atoms with Crippen molar-refractivity contribution in [2.45, 2.75) is 37.4 Å². The van der Waals surface area contributed by atoms with Crippen molar-refractivity contribution in [3.8, 4) is 0 Å². The lowest BCUT2D eigenvalue weighted by molar-refractivity contribution is -0.192. The van der Waals surface area contributed by atoms with Crippen LogP contribution in [-0.4, -0.2) is 35.7 Å². The first-order valence-electron chi connectivity index (χ1n) is 9.84. The number of aliphatic carboxylic acids is 1. The van der Waals surface area contributed by atoms with E-state index in [1.165, 1.54) is 24.5 Å². The first-order valence-corrected chi connectivity index (χ1v) is 9.84. The number of alkyl halides is 3. The van der Waals surface area contributed by atoms with Gasteiger partial charge < -0.3 is 15.7 Å². The summed E-state index contributed by atoms with van der Waals surface area (Å²) in [5.74, 6) is -2.08. The van der Waals surface area contributed by atoms with Crippen molar-refractivity contribution in [3.05, 3.63) is 65.5 Å². The largest absolute Gasteiger partial charge is 0.490 e. The van der Waals surface area contributed by atoms with Gasteiger partial charge in [-0.05, 0) is 61.6 Å². The number of hydrogen-bond donors (Lipinski definition) is 3. The van der Waals surface area contributed by atoms with Crippen LogP contribution in [0.4, 0.5) is 23.2 Å². The Balaban J connectivity index is 0.000000339. The van der Waals surface area contributed by atoms with Crippen molar-refractivity contribution >= 4 is 17.6 Å². The van der Waals surface area contributed by atoms with Crippen LogP contribution in [-0.2, 0) is 4.79 Å². The Morgan fingerprint density at radius 1 is 1.06 bits per heavy atom. The van der Waals surface area contributed by atoms with Crippen LogP contribution in [0.15, 0.2) is 48.5 Å². The summed E-state index contributed by atoms with van der Waals surface area (Å²) in [5, 5.41) is 13.4. The van der Waals surface area contributed by atoms with Gasteiger partial charge in [0.2, 0.25) is 0 Å². The number of halogens is 4. The fourth-order valence-corrected chi connectivity index (χ4v) is 3.10. The molecule has 4 rings (SSSR count). The SMILES string of the molecule is O=C(Nc1ccccc1F)c1cccc([C@@H]2C[C@H]2NCC2CC2)c1.O=C(O)C(F)(F)F. The highest BCUT2D eigenvalue weighted by Crippen LogP contribution is 2.41. The molecule has 2 aromatic rings. The third kappa shape index (κ3) is 6.78. The molecule has 2 fully saturated rings. The number of carbonyl (C=O) groups is 2. The second-order valence-electron chi connectivity index (χ2n) is 7.66. The van der Waals surface area contributed by atoms with Crippen molar-refractivity contribution in [1.82, 2.24) is 5.32 Å². The molecule has 1 amide bonds. The van der Waals surface area contributed by atoms with Gasteiger partial charge in [-0.15, -0.1) is 0 Å². The zero-order valence-electron chi connectivity index (χ0n) is 16.5. The Kier molecular flexibility index (Phi) is 6.94. The number of carboxylic acid groups (broad SMARTS) is 1. The third-order valence-corrected chi connectivity index (χ3v) is 5.10. The summed E-state index contributed by atoms with van der Waals surface area (Å²) in [6, 6.07) is 14.4. The van der Waals surface area contributed by atoms with Crippen LogP contribution < -0.4 is 10.6 Å². The van der Waals surface area contributed by atoms with Gasteiger partial charge >= 0.3 is 12.1 Å². The average molecular weight is 438 g/mol. The van der Waals surface area contributed by atoms with Crippen LogP contribution in [0.5, 0.6) is 0 Å². The number of amides is 1. The number of benzene rings is 2. The molecule has 0 heterocycles. The van der Waals surface area contributed by atoms with E-state index in [1.54, 1.807) is 24.3 Å². The van der Waals surface area contributed by atoms with E-state index >= 15 is 0 Å². The summed E-state index contributed by atoms with van der Waals surface area (Å²) >= 11 is 0. The molecule has 2 saturated carbocycles. The Bertz CT molecular complexity index is 944. The summed E-state index contributed by atoms with van der Waals surface area (Å²) in [4.78, 5) is 21.3. The molecule has 2 aliphatic rings. The minimum atomic E-state index is -5.08. The lowest BCUT2D eigenvalue weighted by Gasteiger charge is -2.08. The highest BCUT2D eigenvalue weighted by Gasteiger charge is 2.39. The van der Waals surface area contributed by atoms with Crippen molar-refractivity contribution < 1.29 is 32.3 Å². The summed E-state index contributed by atoms with van der Waals surface area (Å²) in [7, 11) is 0. The van der Waals surface area contributed by atoms with Crippen molar-refractivity contribution in [2.24, 2.45) is 5.92 Å². The minimum Gasteiger partial charge on any atom is -0.475 e. The van der Waals surface area contributed by atoms with E-state index < -0.39 is 18.0 Å². The number of anilines is 1. The van der Waals surface area contributed by atoms with Gasteiger partial charge in [0.25, 0.3) is 5.91 Å². The smallest absolute Gasteiger partial charge is 0.475 e. The predicted molar refractivity (Wildman–Crippen MR) is 106 cm³/mol. The van der Waals surface area contributed by atoms with Crippen LogP contribution in [0.1, 0.15) is 41.1 Å². The maximum atomic E-state index is 13.7. The van der Waals surface area contributed by atoms with E-state index in [-0.39, 0.29) is 11.6 Å². The maximum absolute atomic E-state index is 13.7. The van der Waals surface area contributed by atoms with Crippen molar-refractivity contribution in [2.75, 3.05) is 11.9 Å². The lowest BCUT2D eigenvalue weighted by atomic mass is 10.1. The molecular formula is C22H22F4N2O3. The molecule has 0 spiro atoms. The summed E-state index contributed by atoms with van der Waals surface area (Å²) in [5.41, 5.74) is 1.97. The Morgan fingerprint density at radius 2 is 1.74 bits per heavy atom. The minimum absolute atomic E-state index is 0.211. The lowest BCUT2D eigenvalue weighted by Crippen LogP contribution is -2.21. The second kappa shape index (κ2) is 9.47. The van der Waals surface area contributed by atoms with Gasteiger partial charge in [-0.1, -0.05) is 24.3 Å². The highest BCUT2D eigenvalue weighted by atomic mass is 19.4. The third-order valence-electron chi connectivity index (χ3n) is 5.10. The zero-order chi connectivity index (χ0) is 22.6. The molecule has 31 heavy (non-hydrogen) atoms. The molecule has 0 aliphatic heterocycles. The maximum Gasteiger partial charge on any atom is 0.490 e. The summed E-state index contributed by atoms with van der Waals surface area (Å²) in [6.07, 6.45) is -1.24. The number of para-hydroxylation sites is 1. The molecule has 2 atom stereocenters. The highest BCUT2D eigenvalue weighted by molar-refractivity contribution is 6.04. The second-order valence-corrected chi connectivity index (χ2v) is 7.66. The number of carboxylic acids is 1. The van der Waals surface area contributed by atoms with Crippen molar-refractivity contribution in [1.29, 1.82) is 0 Å². The fraction of sp³-hybridized carbons (Fsp3) is 0.364. The van der Waals surface area contributed by atoms with Gasteiger partial charge in [-0.2, -0.15) is 13.2 Å². The van der Waals surface area contributed by atoms with Gasteiger partial charge in [0.1, 0.15) is 5.82 Å². The fourth-order valence-electron chi connectivity index (χ4n) is 3.10. The van der Waals surface area contributed by atoms with Gasteiger partial charge in [-0.3, -0.25) is 4.79 Å². The van der Waals surface area contributed by atoms with E-state index in [4.69, 9.17) is 9.90 Å². The van der Waals surface area contributed by atoms with E-state index in [0.29, 0.717) is 17.5 Å². The number of carbonyl (C=O) groups excluding carboxylic acids is 1. The Morgan fingerprint density at radius 3 is 2.35 bits per heavy atom. The van der Waals surface area contributed by atoms with Crippen LogP contribution in [0, 0.1) is 11.7 Å². The standard InChI is InChI=1S/C20H21FN2O.C2HF3O2/c21-17-6-1-2-7-18(17)23-20(24)15-5-3-4-14(10-15)16-11-19(16)22-12-13-8-9-13;3-2(4,5)1(6)7/h1-7,10,13,16,19,22H,8-9,11-12H2,(H,23,24);(H,6,7)/t16-,19+;/m0./s1. The molecule has 5 nitrogen and oxygen atoms in total. The first kappa shape index (κ1) is 22.7. The molecular weight excluding hydrogens is 416 g/mol. The van der Waals surface area contributed by atoms with E-state index in [0.717, 1.165) is 18.9 Å². The summed E-state index contributed by atoms with van der Waals surface area (Å²) in [6.45, 7) is 1.12. The molecule has 9 heteroatoms. The van der Waals surface area contributed by atoms with Gasteiger partial charge in [0.15, 0.2) is 0 Å². The van der Waals surface area contributed by atoms with Gasteiger partial charge in [0.05, 0.1) is 5.69 Å². The normalized spacial score (nSPS) is 19.7. The zero-order valence-corrected chi connectivity index (χ0v) is 16.5. The number of hydrogen-bond acceptors (Lipinski definition) is 3. The van der Waals surface area contributed by atoms with E-state index in [9.17, 15) is 22.4 Å². The molecule has 2 aromatic carbocycles. The molecule has 0 unspecified atom stereocenters. The Labute approximate surface area is 176 Å². The van der Waals surface area contributed by atoms with E-state index in [1.807, 2.05) is 12.1 Å². The van der Waals surface area contributed by atoms with Crippen LogP contribution >= 0.6 is 0 Å². The van der Waals surface area contributed by atoms with Crippen LogP contribution in [0.25, 0.3) is 0 Å². The molecule has 166 valence electrons. The molecule has 3 N–H and O–H groups in total. The molecule has 0 bridgehead atoms. The predicted octanol–water partition coefficient (Wildman–Crippen LogP) is 4.57. The molecule has 0 saturated heterocycles. The van der Waals surface area contributed by atoms with Crippen molar-refractivity contribution in [3.63, 3.8) is 0 Å². The summed E-state index contributed by atoms with van der Waals surface area (Å²) < 4.78 is 45.4. The first-order chi connectivity index (χ1) is 14.6. The van der Waals surface area contributed by atoms with Crippen LogP contribution in [0.3, 0.4) is 0 Å². The Hall–Kier alpha value is -2.94. The number of nitrogens with one attached hydrogen (secondary N) is 2.